The van der Waals surface area contributed by atoms with Gasteiger partial charge in [-0.1, -0.05) is 0 Å². The molecule has 0 aliphatic heterocycles. The van der Waals surface area contributed by atoms with Gasteiger partial charge in [-0.2, -0.15) is 0 Å². The van der Waals surface area contributed by atoms with E-state index < -0.39 is 16.6 Å². The topological polar surface area (TPSA) is 110 Å². The van der Waals surface area contributed by atoms with E-state index in [1.165, 1.54) is 19.3 Å². The molecule has 8 nitrogen and oxygen atoms in total. The molecule has 108 valence electrons. The Kier molecular flexibility index (Phi) is 4.02. The van der Waals surface area contributed by atoms with Crippen LogP contribution >= 0.6 is 0 Å². The van der Waals surface area contributed by atoms with E-state index in [-0.39, 0.29) is 22.8 Å². The summed E-state index contributed by atoms with van der Waals surface area (Å²) in [4.78, 5) is 29.5. The number of carbonyl (C=O) groups is 1. The summed E-state index contributed by atoms with van der Waals surface area (Å²) in [6.07, 6.45) is 3.28. The predicted molar refractivity (Wildman–Crippen MR) is 72.6 cm³/mol. The second-order valence-corrected chi connectivity index (χ2v) is 3.91. The van der Waals surface area contributed by atoms with Crippen LogP contribution in [0.2, 0.25) is 0 Å². The van der Waals surface area contributed by atoms with Crippen molar-refractivity contribution < 1.29 is 14.1 Å². The Hall–Kier alpha value is -3.10. The third-order valence-corrected chi connectivity index (χ3v) is 2.59. The van der Waals surface area contributed by atoms with Crippen LogP contribution in [0.4, 0.5) is 21.6 Å². The summed E-state index contributed by atoms with van der Waals surface area (Å²) >= 11 is 0. The predicted octanol–water partition coefficient (Wildman–Crippen LogP) is 1.82. The number of rotatable bonds is 4. The molecule has 2 aromatic heterocycles. The fourth-order valence-corrected chi connectivity index (χ4v) is 1.59. The van der Waals surface area contributed by atoms with Gasteiger partial charge >= 0.3 is 0 Å². The highest BCUT2D eigenvalue weighted by molar-refractivity contribution is 6.07. The first-order chi connectivity index (χ1) is 10.0. The van der Waals surface area contributed by atoms with Crippen LogP contribution in [0.5, 0.6) is 0 Å². The van der Waals surface area contributed by atoms with Gasteiger partial charge in [-0.3, -0.25) is 19.9 Å². The van der Waals surface area contributed by atoms with Crippen LogP contribution in [-0.2, 0) is 0 Å². The van der Waals surface area contributed by atoms with Crippen molar-refractivity contribution in [3.8, 4) is 0 Å². The molecule has 2 N–H and O–H groups in total. The maximum Gasteiger partial charge on any atom is 0.288 e. The molecule has 0 aliphatic carbocycles. The van der Waals surface area contributed by atoms with Gasteiger partial charge in [0.2, 0.25) is 0 Å². The Balaban J connectivity index is 2.36. The summed E-state index contributed by atoms with van der Waals surface area (Å²) in [7, 11) is 1.51. The van der Waals surface area contributed by atoms with Gasteiger partial charge in [-0.25, -0.2) is 9.37 Å². The molecule has 0 saturated carbocycles. The Morgan fingerprint density at radius 1 is 1.43 bits per heavy atom. The van der Waals surface area contributed by atoms with E-state index in [1.807, 2.05) is 0 Å². The lowest BCUT2D eigenvalue weighted by atomic mass is 10.2. The number of carbonyl (C=O) groups excluding carboxylic acids is 1. The Morgan fingerprint density at radius 2 is 2.19 bits per heavy atom. The standard InChI is InChI=1S/C12H10FN5O3/c1-14-11-8(4-7(5-16-11)18(20)21)12(19)17-10-2-3-15-6-9(10)13/h2-6H,1H3,(H,14,16)(H,15,17,19). The molecule has 9 heteroatoms. The van der Waals surface area contributed by atoms with Gasteiger partial charge in [0.05, 0.1) is 22.4 Å². The van der Waals surface area contributed by atoms with Gasteiger partial charge in [0.1, 0.15) is 12.0 Å². The first-order valence-corrected chi connectivity index (χ1v) is 5.76. The number of hydrogen-bond acceptors (Lipinski definition) is 6. The molecule has 2 rings (SSSR count). The summed E-state index contributed by atoms with van der Waals surface area (Å²) in [5, 5.41) is 15.7. The summed E-state index contributed by atoms with van der Waals surface area (Å²) in [5.41, 5.74) is -0.485. The molecule has 0 bridgehead atoms. The molecule has 2 aromatic rings. The first-order valence-electron chi connectivity index (χ1n) is 5.76. The van der Waals surface area contributed by atoms with Crippen molar-refractivity contribution in [3.05, 3.63) is 52.2 Å². The molecule has 0 fully saturated rings. The second-order valence-electron chi connectivity index (χ2n) is 3.91. The lowest BCUT2D eigenvalue weighted by molar-refractivity contribution is -0.385. The van der Waals surface area contributed by atoms with Crippen LogP contribution in [0.1, 0.15) is 10.4 Å². The molecule has 0 spiro atoms. The van der Waals surface area contributed by atoms with Crippen molar-refractivity contribution in [1.29, 1.82) is 0 Å². The minimum absolute atomic E-state index is 0.0667. The molecule has 0 aliphatic rings. The number of halogens is 1. The van der Waals surface area contributed by atoms with Crippen LogP contribution in [-0.4, -0.2) is 27.8 Å². The van der Waals surface area contributed by atoms with Crippen molar-refractivity contribution in [2.24, 2.45) is 0 Å². The van der Waals surface area contributed by atoms with E-state index in [0.717, 1.165) is 18.5 Å². The maximum absolute atomic E-state index is 13.4. The van der Waals surface area contributed by atoms with Crippen LogP contribution in [0, 0.1) is 15.9 Å². The lowest BCUT2D eigenvalue weighted by Gasteiger charge is -2.09. The van der Waals surface area contributed by atoms with Gasteiger partial charge in [-0.15, -0.1) is 0 Å². The van der Waals surface area contributed by atoms with Gasteiger partial charge < -0.3 is 10.6 Å². The third-order valence-electron chi connectivity index (χ3n) is 2.59. The van der Waals surface area contributed by atoms with Crippen molar-refractivity contribution in [3.63, 3.8) is 0 Å². The van der Waals surface area contributed by atoms with E-state index in [0.29, 0.717) is 0 Å². The van der Waals surface area contributed by atoms with Gasteiger partial charge in [0.15, 0.2) is 5.82 Å². The quantitative estimate of drug-likeness (QED) is 0.656. The number of amides is 1. The van der Waals surface area contributed by atoms with E-state index in [2.05, 4.69) is 20.6 Å². The Morgan fingerprint density at radius 3 is 2.81 bits per heavy atom. The number of hydrogen-bond donors (Lipinski definition) is 2. The van der Waals surface area contributed by atoms with Crippen molar-refractivity contribution >= 4 is 23.1 Å². The van der Waals surface area contributed by atoms with Crippen LogP contribution in [0.25, 0.3) is 0 Å². The average molecular weight is 291 g/mol. The summed E-state index contributed by atoms with van der Waals surface area (Å²) in [6, 6.07) is 2.34. The zero-order valence-electron chi connectivity index (χ0n) is 10.8. The van der Waals surface area contributed by atoms with E-state index in [4.69, 9.17) is 0 Å². The number of nitrogens with one attached hydrogen (secondary N) is 2. The normalized spacial score (nSPS) is 10.0. The van der Waals surface area contributed by atoms with Crippen LogP contribution < -0.4 is 10.6 Å². The van der Waals surface area contributed by atoms with Crippen molar-refractivity contribution in [2.45, 2.75) is 0 Å². The lowest BCUT2D eigenvalue weighted by Crippen LogP contribution is -2.16. The van der Waals surface area contributed by atoms with Gasteiger partial charge in [-0.05, 0) is 6.07 Å². The fraction of sp³-hybridized carbons (Fsp3) is 0.0833. The molecule has 0 atom stereocenters. The SMILES string of the molecule is CNc1ncc([N+](=O)[O-])cc1C(=O)Nc1ccncc1F. The zero-order valence-corrected chi connectivity index (χ0v) is 10.8. The summed E-state index contributed by atoms with van der Waals surface area (Å²) in [6.45, 7) is 0. The molecule has 0 aromatic carbocycles. The van der Waals surface area contributed by atoms with E-state index >= 15 is 0 Å². The Bertz CT molecular complexity index is 707. The van der Waals surface area contributed by atoms with Crippen LogP contribution in [0.3, 0.4) is 0 Å². The van der Waals surface area contributed by atoms with Gasteiger partial charge in [0, 0.05) is 19.3 Å². The average Bonchev–Trinajstić information content (AvgIpc) is 2.48. The smallest absolute Gasteiger partial charge is 0.288 e. The molecule has 0 unspecified atom stereocenters. The van der Waals surface area contributed by atoms with Crippen molar-refractivity contribution in [2.75, 3.05) is 17.7 Å². The molecular formula is C12H10FN5O3. The number of nitro groups is 1. The number of anilines is 2. The molecule has 2 heterocycles. The highest BCUT2D eigenvalue weighted by atomic mass is 19.1. The zero-order chi connectivity index (χ0) is 15.4. The monoisotopic (exact) mass is 291 g/mol. The summed E-state index contributed by atoms with van der Waals surface area (Å²) < 4.78 is 13.4. The minimum Gasteiger partial charge on any atom is -0.372 e. The molecule has 0 radical (unpaired) electrons. The number of nitrogens with zero attached hydrogens (tertiary/aromatic N) is 3. The molecule has 21 heavy (non-hydrogen) atoms. The molecule has 0 saturated heterocycles. The van der Waals surface area contributed by atoms with E-state index in [1.54, 1.807) is 0 Å². The highest BCUT2D eigenvalue weighted by Gasteiger charge is 2.18. The van der Waals surface area contributed by atoms with E-state index in [9.17, 15) is 19.3 Å². The third kappa shape index (κ3) is 3.08. The number of pyridine rings is 2. The first kappa shape index (κ1) is 14.3. The van der Waals surface area contributed by atoms with Crippen molar-refractivity contribution in [1.82, 2.24) is 9.97 Å². The second kappa shape index (κ2) is 5.90. The van der Waals surface area contributed by atoms with Gasteiger partial charge in [0.25, 0.3) is 11.6 Å². The minimum atomic E-state index is -0.722. The molecular weight excluding hydrogens is 281 g/mol. The fourth-order valence-electron chi connectivity index (χ4n) is 1.59. The largest absolute Gasteiger partial charge is 0.372 e. The maximum atomic E-state index is 13.4. The summed E-state index contributed by atoms with van der Waals surface area (Å²) in [5.74, 6) is -1.29. The highest BCUT2D eigenvalue weighted by Crippen LogP contribution is 2.21. The molecule has 1 amide bonds. The Labute approximate surface area is 118 Å². The number of aromatic nitrogens is 2. The van der Waals surface area contributed by atoms with Crippen LogP contribution in [0.15, 0.2) is 30.7 Å².